The average molecular weight is 287 g/mol. The normalized spacial score (nSPS) is 14.4. The first-order valence-electron chi connectivity index (χ1n) is 7.21. The van der Waals surface area contributed by atoms with Crippen molar-refractivity contribution >= 4 is 18.0 Å². The van der Waals surface area contributed by atoms with E-state index in [1.165, 1.54) is 16.5 Å². The molecule has 1 fully saturated rings. The van der Waals surface area contributed by atoms with Crippen LogP contribution < -0.4 is 0 Å². The van der Waals surface area contributed by atoms with Gasteiger partial charge in [-0.25, -0.2) is 0 Å². The van der Waals surface area contributed by atoms with Crippen molar-refractivity contribution in [2.75, 3.05) is 13.1 Å². The Bertz CT molecular complexity index is 573. The lowest BCUT2D eigenvalue weighted by Crippen LogP contribution is -2.36. The van der Waals surface area contributed by atoms with Crippen LogP contribution in [0.1, 0.15) is 29.5 Å². The summed E-state index contributed by atoms with van der Waals surface area (Å²) >= 11 is 0. The van der Waals surface area contributed by atoms with Crippen LogP contribution in [0.25, 0.3) is 6.08 Å². The Labute approximate surface area is 125 Å². The highest BCUT2D eigenvalue weighted by atomic mass is 16.4. The van der Waals surface area contributed by atoms with Gasteiger partial charge in [0.05, 0.1) is 0 Å². The predicted molar refractivity (Wildman–Crippen MR) is 81.9 cm³/mol. The summed E-state index contributed by atoms with van der Waals surface area (Å²) in [6, 6.07) is 6.02. The van der Waals surface area contributed by atoms with Gasteiger partial charge in [0.25, 0.3) is 0 Å². The Morgan fingerprint density at radius 1 is 1.33 bits per heavy atom. The van der Waals surface area contributed by atoms with E-state index in [9.17, 15) is 9.59 Å². The standard InChI is InChI=1S/C17H21NO3/c1-12-3-6-15(13(2)9-12)7-8-16(19)18(11-17(20)21)10-14-4-5-14/h3,6-9,14H,4-5,10-11H2,1-2H3,(H,20,21)/b8-7+. The van der Waals surface area contributed by atoms with Crippen LogP contribution in [-0.2, 0) is 9.59 Å². The summed E-state index contributed by atoms with van der Waals surface area (Å²) < 4.78 is 0. The highest BCUT2D eigenvalue weighted by Crippen LogP contribution is 2.29. The lowest BCUT2D eigenvalue weighted by atomic mass is 10.1. The van der Waals surface area contributed by atoms with Gasteiger partial charge in [-0.1, -0.05) is 23.8 Å². The number of aliphatic carboxylic acids is 1. The van der Waals surface area contributed by atoms with Gasteiger partial charge in [-0.3, -0.25) is 9.59 Å². The molecule has 1 aromatic carbocycles. The minimum atomic E-state index is -0.969. The molecule has 21 heavy (non-hydrogen) atoms. The highest BCUT2D eigenvalue weighted by molar-refractivity contribution is 5.93. The van der Waals surface area contributed by atoms with E-state index in [2.05, 4.69) is 6.07 Å². The molecule has 0 bridgehead atoms. The quantitative estimate of drug-likeness (QED) is 0.818. The molecule has 1 N–H and O–H groups in total. The van der Waals surface area contributed by atoms with E-state index in [0.29, 0.717) is 12.5 Å². The van der Waals surface area contributed by atoms with Crippen molar-refractivity contribution in [3.05, 3.63) is 41.0 Å². The van der Waals surface area contributed by atoms with Crippen LogP contribution in [0.2, 0.25) is 0 Å². The molecule has 0 atom stereocenters. The van der Waals surface area contributed by atoms with Crippen molar-refractivity contribution in [2.45, 2.75) is 26.7 Å². The number of amides is 1. The van der Waals surface area contributed by atoms with Crippen molar-refractivity contribution in [2.24, 2.45) is 5.92 Å². The van der Waals surface area contributed by atoms with Gasteiger partial charge in [-0.2, -0.15) is 0 Å². The number of benzene rings is 1. The third-order valence-corrected chi connectivity index (χ3v) is 3.64. The number of rotatable bonds is 6. The smallest absolute Gasteiger partial charge is 0.323 e. The third kappa shape index (κ3) is 4.74. The van der Waals surface area contributed by atoms with E-state index < -0.39 is 5.97 Å². The lowest BCUT2D eigenvalue weighted by Gasteiger charge is -2.18. The predicted octanol–water partition coefficient (Wildman–Crippen LogP) is 2.64. The monoisotopic (exact) mass is 287 g/mol. The molecule has 1 amide bonds. The number of carboxylic acid groups (broad SMARTS) is 1. The van der Waals surface area contributed by atoms with Crippen LogP contribution in [0.15, 0.2) is 24.3 Å². The van der Waals surface area contributed by atoms with Crippen LogP contribution in [-0.4, -0.2) is 35.0 Å². The fourth-order valence-electron chi connectivity index (χ4n) is 2.29. The molecular formula is C17H21NO3. The summed E-state index contributed by atoms with van der Waals surface area (Å²) in [6.45, 7) is 4.33. The van der Waals surface area contributed by atoms with Gasteiger partial charge in [0.1, 0.15) is 6.54 Å². The maximum atomic E-state index is 12.2. The SMILES string of the molecule is Cc1ccc(/C=C/C(=O)N(CC(=O)O)CC2CC2)c(C)c1. The van der Waals surface area contributed by atoms with E-state index in [0.717, 1.165) is 24.0 Å². The van der Waals surface area contributed by atoms with Crippen molar-refractivity contribution in [3.63, 3.8) is 0 Å². The zero-order valence-corrected chi connectivity index (χ0v) is 12.5. The largest absolute Gasteiger partial charge is 0.480 e. The summed E-state index contributed by atoms with van der Waals surface area (Å²) in [6.07, 6.45) is 5.41. The van der Waals surface area contributed by atoms with Gasteiger partial charge in [-0.05, 0) is 49.8 Å². The van der Waals surface area contributed by atoms with Crippen LogP contribution in [0.3, 0.4) is 0 Å². The van der Waals surface area contributed by atoms with Crippen molar-refractivity contribution in [3.8, 4) is 0 Å². The van der Waals surface area contributed by atoms with E-state index in [1.807, 2.05) is 26.0 Å². The average Bonchev–Trinajstić information content (AvgIpc) is 3.20. The number of carbonyl (C=O) groups is 2. The number of nitrogens with zero attached hydrogens (tertiary/aromatic N) is 1. The molecule has 4 heteroatoms. The Balaban J connectivity index is 2.05. The first-order chi connectivity index (χ1) is 9.95. The number of carboxylic acids is 1. The Morgan fingerprint density at radius 3 is 2.62 bits per heavy atom. The zero-order chi connectivity index (χ0) is 15.4. The molecule has 1 saturated carbocycles. The number of hydrogen-bond acceptors (Lipinski definition) is 2. The fourth-order valence-corrected chi connectivity index (χ4v) is 2.29. The summed E-state index contributed by atoms with van der Waals surface area (Å²) in [5.41, 5.74) is 3.26. The first kappa shape index (κ1) is 15.3. The van der Waals surface area contributed by atoms with Gasteiger partial charge in [0, 0.05) is 12.6 Å². The maximum Gasteiger partial charge on any atom is 0.323 e. The van der Waals surface area contributed by atoms with E-state index in [1.54, 1.807) is 6.08 Å². The highest BCUT2D eigenvalue weighted by Gasteiger charge is 2.27. The second-order valence-corrected chi connectivity index (χ2v) is 5.75. The summed E-state index contributed by atoms with van der Waals surface area (Å²) in [4.78, 5) is 24.4. The Hall–Kier alpha value is -2.10. The molecule has 0 heterocycles. The molecule has 1 aliphatic rings. The lowest BCUT2D eigenvalue weighted by molar-refractivity contribution is -0.142. The molecule has 0 saturated heterocycles. The van der Waals surface area contributed by atoms with Crippen LogP contribution in [0.4, 0.5) is 0 Å². The Kier molecular flexibility index (Phi) is 4.78. The topological polar surface area (TPSA) is 57.6 Å². The molecule has 0 radical (unpaired) electrons. The van der Waals surface area contributed by atoms with Gasteiger partial charge < -0.3 is 10.0 Å². The van der Waals surface area contributed by atoms with Gasteiger partial charge in [0.2, 0.25) is 5.91 Å². The first-order valence-corrected chi connectivity index (χ1v) is 7.21. The van der Waals surface area contributed by atoms with E-state index in [4.69, 9.17) is 5.11 Å². The summed E-state index contributed by atoms with van der Waals surface area (Å²) in [7, 11) is 0. The molecule has 0 aromatic heterocycles. The maximum absolute atomic E-state index is 12.2. The second kappa shape index (κ2) is 6.57. The fraction of sp³-hybridized carbons (Fsp3) is 0.412. The second-order valence-electron chi connectivity index (χ2n) is 5.75. The molecule has 1 aliphatic carbocycles. The zero-order valence-electron chi connectivity index (χ0n) is 12.5. The third-order valence-electron chi connectivity index (χ3n) is 3.64. The van der Waals surface area contributed by atoms with Crippen LogP contribution in [0, 0.1) is 19.8 Å². The van der Waals surface area contributed by atoms with Gasteiger partial charge >= 0.3 is 5.97 Å². The molecule has 4 nitrogen and oxygen atoms in total. The molecule has 0 unspecified atom stereocenters. The molecule has 2 rings (SSSR count). The van der Waals surface area contributed by atoms with Crippen molar-refractivity contribution in [1.82, 2.24) is 4.90 Å². The number of aryl methyl sites for hydroxylation is 2. The van der Waals surface area contributed by atoms with Crippen LogP contribution >= 0.6 is 0 Å². The van der Waals surface area contributed by atoms with Gasteiger partial charge in [0.15, 0.2) is 0 Å². The minimum Gasteiger partial charge on any atom is -0.480 e. The number of carbonyl (C=O) groups excluding carboxylic acids is 1. The minimum absolute atomic E-state index is 0.230. The molecule has 0 spiro atoms. The van der Waals surface area contributed by atoms with E-state index in [-0.39, 0.29) is 12.5 Å². The van der Waals surface area contributed by atoms with Gasteiger partial charge in [-0.15, -0.1) is 0 Å². The Morgan fingerprint density at radius 2 is 2.05 bits per heavy atom. The molecule has 112 valence electrons. The molecule has 1 aromatic rings. The summed E-state index contributed by atoms with van der Waals surface area (Å²) in [5, 5.41) is 8.91. The molecule has 0 aliphatic heterocycles. The van der Waals surface area contributed by atoms with Crippen molar-refractivity contribution < 1.29 is 14.7 Å². The molecular weight excluding hydrogens is 266 g/mol. The summed E-state index contributed by atoms with van der Waals surface area (Å²) in [5.74, 6) is -0.726. The van der Waals surface area contributed by atoms with Crippen molar-refractivity contribution in [1.29, 1.82) is 0 Å². The van der Waals surface area contributed by atoms with Crippen LogP contribution in [0.5, 0.6) is 0 Å². The van der Waals surface area contributed by atoms with E-state index >= 15 is 0 Å². The number of hydrogen-bond donors (Lipinski definition) is 1.